The van der Waals surface area contributed by atoms with E-state index in [2.05, 4.69) is 15.9 Å². The molecule has 94 valence electrons. The van der Waals surface area contributed by atoms with Crippen molar-refractivity contribution in [2.45, 2.75) is 13.5 Å². The molecule has 2 nitrogen and oxygen atoms in total. The lowest BCUT2D eigenvalue weighted by Crippen LogP contribution is -1.91. The van der Waals surface area contributed by atoms with E-state index >= 15 is 0 Å². The minimum absolute atomic E-state index is 0.0440. The number of aliphatic hydroxyl groups is 1. The highest BCUT2D eigenvalue weighted by Crippen LogP contribution is 2.32. The van der Waals surface area contributed by atoms with Gasteiger partial charge < -0.3 is 9.84 Å². The molecule has 0 fully saturated rings. The van der Waals surface area contributed by atoms with Gasteiger partial charge in [0.2, 0.25) is 0 Å². The third kappa shape index (κ3) is 2.89. The molecule has 0 saturated heterocycles. The standard InChI is InChI=1S/C14H12BrFO2/c1-9-2-4-12(16)14(6-9)18-13-5-3-10(8-17)7-11(13)15/h2-7,17H,8H2,1H3. The maximum atomic E-state index is 13.6. The van der Waals surface area contributed by atoms with E-state index in [0.29, 0.717) is 10.2 Å². The summed E-state index contributed by atoms with van der Waals surface area (Å²) in [6, 6.07) is 9.86. The van der Waals surface area contributed by atoms with Gasteiger partial charge in [0, 0.05) is 0 Å². The molecule has 2 aromatic carbocycles. The molecule has 0 atom stereocenters. The highest BCUT2D eigenvalue weighted by Gasteiger charge is 2.08. The first kappa shape index (κ1) is 13.1. The van der Waals surface area contributed by atoms with Crippen LogP contribution in [0.2, 0.25) is 0 Å². The van der Waals surface area contributed by atoms with Gasteiger partial charge in [-0.05, 0) is 58.2 Å². The Morgan fingerprint density at radius 2 is 1.94 bits per heavy atom. The topological polar surface area (TPSA) is 29.5 Å². The van der Waals surface area contributed by atoms with Crippen LogP contribution in [0, 0.1) is 12.7 Å². The quantitative estimate of drug-likeness (QED) is 0.921. The minimum atomic E-state index is -0.404. The Hall–Kier alpha value is -1.39. The minimum Gasteiger partial charge on any atom is -0.453 e. The molecule has 0 heterocycles. The van der Waals surface area contributed by atoms with Crippen LogP contribution < -0.4 is 4.74 Å². The van der Waals surface area contributed by atoms with Crippen molar-refractivity contribution >= 4 is 15.9 Å². The van der Waals surface area contributed by atoms with Crippen LogP contribution in [-0.4, -0.2) is 5.11 Å². The normalized spacial score (nSPS) is 10.4. The predicted octanol–water partition coefficient (Wildman–Crippen LogP) is 4.18. The summed E-state index contributed by atoms with van der Waals surface area (Å²) in [4.78, 5) is 0. The second kappa shape index (κ2) is 5.50. The fourth-order valence-electron chi connectivity index (χ4n) is 1.53. The number of aryl methyl sites for hydroxylation is 1. The van der Waals surface area contributed by atoms with Crippen LogP contribution in [0.3, 0.4) is 0 Å². The van der Waals surface area contributed by atoms with Gasteiger partial charge in [0.05, 0.1) is 11.1 Å². The summed E-state index contributed by atoms with van der Waals surface area (Å²) >= 11 is 3.33. The number of aliphatic hydroxyl groups excluding tert-OH is 1. The zero-order valence-electron chi connectivity index (χ0n) is 9.78. The van der Waals surface area contributed by atoms with Gasteiger partial charge >= 0.3 is 0 Å². The Morgan fingerprint density at radius 3 is 2.61 bits per heavy atom. The molecule has 0 aliphatic heterocycles. The van der Waals surface area contributed by atoms with Gasteiger partial charge in [-0.15, -0.1) is 0 Å². The molecule has 0 unspecified atom stereocenters. The molecule has 0 amide bonds. The molecular weight excluding hydrogens is 299 g/mol. The number of halogens is 2. The SMILES string of the molecule is Cc1ccc(F)c(Oc2ccc(CO)cc2Br)c1. The molecular formula is C14H12BrFO2. The van der Waals surface area contributed by atoms with Gasteiger partial charge in [0.15, 0.2) is 11.6 Å². The van der Waals surface area contributed by atoms with Crippen LogP contribution in [0.25, 0.3) is 0 Å². The van der Waals surface area contributed by atoms with E-state index in [4.69, 9.17) is 9.84 Å². The third-order valence-corrected chi connectivity index (χ3v) is 3.11. The summed E-state index contributed by atoms with van der Waals surface area (Å²) < 4.78 is 19.7. The van der Waals surface area contributed by atoms with Gasteiger partial charge in [-0.2, -0.15) is 0 Å². The number of rotatable bonds is 3. The second-order valence-electron chi connectivity index (χ2n) is 3.96. The Morgan fingerprint density at radius 1 is 1.17 bits per heavy atom. The molecule has 2 aromatic rings. The fourth-order valence-corrected chi connectivity index (χ4v) is 2.04. The highest BCUT2D eigenvalue weighted by molar-refractivity contribution is 9.10. The largest absolute Gasteiger partial charge is 0.453 e. The molecule has 0 saturated carbocycles. The van der Waals surface area contributed by atoms with E-state index in [1.807, 2.05) is 6.92 Å². The van der Waals surface area contributed by atoms with Crippen molar-refractivity contribution < 1.29 is 14.2 Å². The van der Waals surface area contributed by atoms with Gasteiger partial charge in [-0.3, -0.25) is 0 Å². The van der Waals surface area contributed by atoms with E-state index < -0.39 is 5.82 Å². The summed E-state index contributed by atoms with van der Waals surface area (Å²) in [5.74, 6) is 0.294. The summed E-state index contributed by atoms with van der Waals surface area (Å²) in [6.07, 6.45) is 0. The van der Waals surface area contributed by atoms with Crippen LogP contribution in [-0.2, 0) is 6.61 Å². The lowest BCUT2D eigenvalue weighted by molar-refractivity contribution is 0.281. The Bertz CT molecular complexity index is 570. The summed E-state index contributed by atoms with van der Waals surface area (Å²) in [6.45, 7) is 1.83. The number of benzene rings is 2. The summed E-state index contributed by atoms with van der Waals surface area (Å²) in [5.41, 5.74) is 1.69. The Balaban J connectivity index is 2.31. The van der Waals surface area contributed by atoms with E-state index in [1.165, 1.54) is 6.07 Å². The molecule has 0 aromatic heterocycles. The van der Waals surface area contributed by atoms with Gasteiger partial charge in [0.25, 0.3) is 0 Å². The molecule has 2 rings (SSSR count). The lowest BCUT2D eigenvalue weighted by atomic mass is 10.2. The van der Waals surface area contributed by atoms with Crippen LogP contribution in [0.5, 0.6) is 11.5 Å². The molecule has 0 aliphatic carbocycles. The smallest absolute Gasteiger partial charge is 0.165 e. The molecule has 0 bridgehead atoms. The molecule has 0 radical (unpaired) electrons. The average Bonchev–Trinajstić information content (AvgIpc) is 2.36. The van der Waals surface area contributed by atoms with Crippen molar-refractivity contribution in [2.75, 3.05) is 0 Å². The average molecular weight is 311 g/mol. The maximum absolute atomic E-state index is 13.6. The lowest BCUT2D eigenvalue weighted by Gasteiger charge is -2.10. The van der Waals surface area contributed by atoms with E-state index in [0.717, 1.165) is 11.1 Å². The second-order valence-corrected chi connectivity index (χ2v) is 4.81. The first-order valence-corrected chi connectivity index (χ1v) is 6.23. The van der Waals surface area contributed by atoms with Gasteiger partial charge in [0.1, 0.15) is 5.75 Å². The third-order valence-electron chi connectivity index (χ3n) is 2.49. The van der Waals surface area contributed by atoms with Gasteiger partial charge in [-0.1, -0.05) is 12.1 Å². The molecule has 0 aliphatic rings. The van der Waals surface area contributed by atoms with E-state index in [9.17, 15) is 4.39 Å². The summed E-state index contributed by atoms with van der Waals surface area (Å²) in [7, 11) is 0. The highest BCUT2D eigenvalue weighted by atomic mass is 79.9. The van der Waals surface area contributed by atoms with Crippen molar-refractivity contribution in [2.24, 2.45) is 0 Å². The zero-order valence-corrected chi connectivity index (χ0v) is 11.4. The Kier molecular flexibility index (Phi) is 3.99. The zero-order chi connectivity index (χ0) is 13.1. The van der Waals surface area contributed by atoms with Crippen molar-refractivity contribution in [3.8, 4) is 11.5 Å². The number of ether oxygens (including phenoxy) is 1. The van der Waals surface area contributed by atoms with Crippen molar-refractivity contribution in [1.29, 1.82) is 0 Å². The van der Waals surface area contributed by atoms with Crippen molar-refractivity contribution in [1.82, 2.24) is 0 Å². The molecule has 1 N–H and O–H groups in total. The maximum Gasteiger partial charge on any atom is 0.165 e. The number of hydrogen-bond acceptors (Lipinski definition) is 2. The van der Waals surface area contributed by atoms with Crippen molar-refractivity contribution in [3.05, 3.63) is 57.8 Å². The monoisotopic (exact) mass is 310 g/mol. The fraction of sp³-hybridized carbons (Fsp3) is 0.143. The molecule has 0 spiro atoms. The first-order chi connectivity index (χ1) is 8.60. The Labute approximate surface area is 113 Å². The summed E-state index contributed by atoms with van der Waals surface area (Å²) in [5, 5.41) is 9.00. The predicted molar refractivity (Wildman–Crippen MR) is 71.3 cm³/mol. The van der Waals surface area contributed by atoms with Gasteiger partial charge in [-0.25, -0.2) is 4.39 Å². The van der Waals surface area contributed by atoms with E-state index in [-0.39, 0.29) is 12.4 Å². The van der Waals surface area contributed by atoms with E-state index in [1.54, 1.807) is 30.3 Å². The molecule has 4 heteroatoms. The number of hydrogen-bond donors (Lipinski definition) is 1. The first-order valence-electron chi connectivity index (χ1n) is 5.43. The molecule has 18 heavy (non-hydrogen) atoms. The van der Waals surface area contributed by atoms with Crippen molar-refractivity contribution in [3.63, 3.8) is 0 Å². The van der Waals surface area contributed by atoms with Crippen LogP contribution >= 0.6 is 15.9 Å². The van der Waals surface area contributed by atoms with Crippen LogP contribution in [0.1, 0.15) is 11.1 Å². The van der Waals surface area contributed by atoms with Crippen LogP contribution in [0.15, 0.2) is 40.9 Å². The van der Waals surface area contributed by atoms with Crippen LogP contribution in [0.4, 0.5) is 4.39 Å².